The average molecular weight is 970 g/mol. The minimum Gasteiger partial charge on any atom is -0.512 e. The number of pyridine rings is 1. The van der Waals surface area contributed by atoms with Gasteiger partial charge in [0.15, 0.2) is 5.78 Å². The summed E-state index contributed by atoms with van der Waals surface area (Å²) in [6.45, 7) is 7.47. The fourth-order valence-electron chi connectivity index (χ4n) is 7.75. The number of aliphatic hydroxyl groups excluding tert-OH is 1. The van der Waals surface area contributed by atoms with E-state index >= 15 is 0 Å². The third-order valence-electron chi connectivity index (χ3n) is 10.3. The predicted octanol–water partition coefficient (Wildman–Crippen LogP) is 15.0. The van der Waals surface area contributed by atoms with Crippen LogP contribution >= 0.6 is 27.3 Å². The summed E-state index contributed by atoms with van der Waals surface area (Å²) in [7, 11) is 0. The first-order valence-electron chi connectivity index (χ1n) is 19.5. The number of ketones is 1. The van der Waals surface area contributed by atoms with Crippen molar-refractivity contribution in [2.24, 2.45) is 0 Å². The standard InChI is InChI=1S/C42H47BrNS.C5H8O2.Ir/c1-3-5-7-9-11-15-25-42(26-16-12-10-8-6-4-2)37-27-31(19-22-35(37)36-23-21-34(43)29-38(36)42)33-20-24-39(44-30-33)41-28-32-17-13-14-18-40(32)45-41;1-4(6)3-5(2)7;/h13-14,17-24,27,29-30H,3-12,15-16,25-26H2,1-2H3;3,6H,1-2H3;/q-1;;/b;4-3-;. The Morgan fingerprint density at radius 3 is 1.92 bits per heavy atom. The van der Waals surface area contributed by atoms with Crippen LogP contribution in [0.3, 0.4) is 0 Å². The number of aromatic nitrogens is 1. The second kappa shape index (κ2) is 21.3. The van der Waals surface area contributed by atoms with Crippen molar-refractivity contribution in [1.82, 2.24) is 4.98 Å². The van der Waals surface area contributed by atoms with Crippen LogP contribution in [0.15, 0.2) is 95.3 Å². The van der Waals surface area contributed by atoms with E-state index in [0.717, 1.165) is 10.6 Å². The van der Waals surface area contributed by atoms with Crippen LogP contribution in [0, 0.1) is 6.07 Å². The number of hydrogen-bond donors (Lipinski definition) is 1. The summed E-state index contributed by atoms with van der Waals surface area (Å²) >= 11 is 5.63. The minimum atomic E-state index is -0.125. The summed E-state index contributed by atoms with van der Waals surface area (Å²) in [5, 5.41) is 9.53. The molecule has 1 radical (unpaired) electrons. The number of thiophene rings is 1. The Morgan fingerprint density at radius 2 is 1.36 bits per heavy atom. The van der Waals surface area contributed by atoms with Crippen LogP contribution in [0.5, 0.6) is 0 Å². The Bertz CT molecular complexity index is 1890. The molecule has 0 amide bonds. The van der Waals surface area contributed by atoms with Crippen LogP contribution in [0.4, 0.5) is 0 Å². The van der Waals surface area contributed by atoms with Crippen molar-refractivity contribution in [3.8, 4) is 32.8 Å². The topological polar surface area (TPSA) is 50.2 Å². The van der Waals surface area contributed by atoms with Crippen LogP contribution in [-0.4, -0.2) is 15.9 Å². The van der Waals surface area contributed by atoms with Gasteiger partial charge in [-0.15, -0.1) is 23.6 Å². The fraction of sp³-hybridized carbons (Fsp3) is 0.404. The summed E-state index contributed by atoms with van der Waals surface area (Å²) in [5.74, 6) is -0.0625. The summed E-state index contributed by atoms with van der Waals surface area (Å²) in [6.07, 6.45) is 21.7. The molecule has 3 aromatic carbocycles. The third kappa shape index (κ3) is 11.3. The molecule has 0 saturated carbocycles. The van der Waals surface area contributed by atoms with Crippen molar-refractivity contribution in [1.29, 1.82) is 0 Å². The van der Waals surface area contributed by atoms with Gasteiger partial charge in [0.1, 0.15) is 0 Å². The molecule has 0 atom stereocenters. The van der Waals surface area contributed by atoms with E-state index in [0.29, 0.717) is 0 Å². The van der Waals surface area contributed by atoms with E-state index in [-0.39, 0.29) is 37.1 Å². The van der Waals surface area contributed by atoms with Gasteiger partial charge in [-0.1, -0.05) is 149 Å². The Hall–Kier alpha value is -2.89. The number of nitrogens with zero attached hydrogens (tertiary/aromatic N) is 1. The van der Waals surface area contributed by atoms with Gasteiger partial charge in [-0.25, -0.2) is 11.3 Å². The van der Waals surface area contributed by atoms with Crippen molar-refractivity contribution >= 4 is 43.1 Å². The molecule has 3 nitrogen and oxygen atoms in total. The average Bonchev–Trinajstić information content (AvgIpc) is 3.68. The summed E-state index contributed by atoms with van der Waals surface area (Å²) in [6, 6.07) is 30.7. The first kappa shape index (κ1) is 42.8. The van der Waals surface area contributed by atoms with E-state index < -0.39 is 0 Å². The zero-order valence-electron chi connectivity index (χ0n) is 31.9. The van der Waals surface area contributed by atoms with Gasteiger partial charge in [0, 0.05) is 48.0 Å². The third-order valence-corrected chi connectivity index (χ3v) is 11.9. The molecule has 1 aliphatic carbocycles. The van der Waals surface area contributed by atoms with Crippen LogP contribution in [0.25, 0.3) is 42.9 Å². The smallest absolute Gasteiger partial charge is 0.155 e. The molecule has 5 aromatic rings. The van der Waals surface area contributed by atoms with E-state index in [1.165, 1.54) is 152 Å². The van der Waals surface area contributed by atoms with Gasteiger partial charge < -0.3 is 10.1 Å². The zero-order valence-corrected chi connectivity index (χ0v) is 36.7. The summed E-state index contributed by atoms with van der Waals surface area (Å²) in [5.41, 5.74) is 9.48. The Morgan fingerprint density at radius 1 is 0.774 bits per heavy atom. The van der Waals surface area contributed by atoms with Gasteiger partial charge in [-0.05, 0) is 87.8 Å². The molecule has 2 heterocycles. The number of fused-ring (bicyclic) bond motifs is 4. The maximum atomic E-state index is 10.0. The quantitative estimate of drug-likeness (QED) is 0.0437. The molecule has 0 fully saturated rings. The van der Waals surface area contributed by atoms with Gasteiger partial charge in [0.2, 0.25) is 0 Å². The van der Waals surface area contributed by atoms with Gasteiger partial charge >= 0.3 is 0 Å². The minimum absolute atomic E-state index is 0. The van der Waals surface area contributed by atoms with Crippen LogP contribution in [0.1, 0.15) is 129 Å². The molecule has 0 unspecified atom stereocenters. The number of hydrogen-bond acceptors (Lipinski definition) is 4. The van der Waals surface area contributed by atoms with Crippen molar-refractivity contribution in [3.63, 3.8) is 0 Å². The largest absolute Gasteiger partial charge is 0.512 e. The molecule has 2 aromatic heterocycles. The molecular weight excluding hydrogens is 915 g/mol. The van der Waals surface area contributed by atoms with Crippen molar-refractivity contribution < 1.29 is 30.0 Å². The molecule has 0 bridgehead atoms. The Kier molecular flexibility index (Phi) is 17.2. The summed E-state index contributed by atoms with van der Waals surface area (Å²) in [4.78, 5) is 16.1. The molecular formula is C47H55BrIrNO2S-. The van der Waals surface area contributed by atoms with Gasteiger partial charge in [0.05, 0.1) is 5.76 Å². The van der Waals surface area contributed by atoms with Crippen molar-refractivity contribution in [2.45, 2.75) is 123 Å². The molecule has 0 aliphatic heterocycles. The number of aliphatic hydroxyl groups is 1. The number of benzene rings is 3. The van der Waals surface area contributed by atoms with Crippen molar-refractivity contribution in [2.75, 3.05) is 0 Å². The normalized spacial score (nSPS) is 12.8. The van der Waals surface area contributed by atoms with Gasteiger partial charge in [0.25, 0.3) is 0 Å². The van der Waals surface area contributed by atoms with Crippen molar-refractivity contribution in [3.05, 3.63) is 112 Å². The number of carbonyl (C=O) groups is 1. The first-order valence-corrected chi connectivity index (χ1v) is 21.1. The SMILES string of the molecule is CC(=O)/C=C(/C)O.CCCCCCCCC1(CCCCCCCC)c2cc(Br)ccc2-c2ccc(-c3ccc(-c4[c-]c5ccccc5s4)nc3)cc21.[Ir]. The second-order valence-corrected chi connectivity index (χ2v) is 16.4. The van der Waals surface area contributed by atoms with Crippen LogP contribution in [0.2, 0.25) is 0 Å². The molecule has 1 aliphatic rings. The van der Waals surface area contributed by atoms with E-state index in [4.69, 9.17) is 10.1 Å². The number of rotatable bonds is 17. The zero-order chi connectivity index (χ0) is 36.9. The maximum absolute atomic E-state index is 10.0. The Balaban J connectivity index is 0.000000715. The Labute approximate surface area is 344 Å². The van der Waals surface area contributed by atoms with E-state index in [2.05, 4.69) is 115 Å². The van der Waals surface area contributed by atoms with E-state index in [1.807, 2.05) is 0 Å². The van der Waals surface area contributed by atoms with Crippen LogP contribution in [-0.2, 0) is 30.3 Å². The van der Waals surface area contributed by atoms with Gasteiger partial charge in [-0.3, -0.25) is 4.79 Å². The number of unbranched alkanes of at least 4 members (excludes halogenated alkanes) is 10. The number of allylic oxidation sites excluding steroid dienone is 2. The molecule has 0 spiro atoms. The number of carbonyl (C=O) groups excluding carboxylic acids is 1. The summed E-state index contributed by atoms with van der Waals surface area (Å²) < 4.78 is 2.46. The second-order valence-electron chi connectivity index (χ2n) is 14.4. The van der Waals surface area contributed by atoms with E-state index in [1.54, 1.807) is 16.9 Å². The molecule has 6 rings (SSSR count). The van der Waals surface area contributed by atoms with Gasteiger partial charge in [-0.2, -0.15) is 0 Å². The maximum Gasteiger partial charge on any atom is 0.155 e. The monoisotopic (exact) mass is 969 g/mol. The fourth-order valence-corrected chi connectivity index (χ4v) is 9.09. The van der Waals surface area contributed by atoms with Crippen LogP contribution < -0.4 is 0 Å². The first-order chi connectivity index (χ1) is 25.3. The molecule has 0 saturated heterocycles. The van der Waals surface area contributed by atoms with E-state index in [9.17, 15) is 4.79 Å². The molecule has 6 heteroatoms. The predicted molar refractivity (Wildman–Crippen MR) is 226 cm³/mol. The number of halogens is 1. The molecule has 283 valence electrons. The molecule has 53 heavy (non-hydrogen) atoms. The molecule has 1 N–H and O–H groups in total.